The number of aliphatic carboxylic acids is 1. The lowest BCUT2D eigenvalue weighted by atomic mass is 10.1. The molecule has 1 heterocycles. The van der Waals surface area contributed by atoms with Gasteiger partial charge in [0.2, 0.25) is 0 Å². The quantitative estimate of drug-likeness (QED) is 0.871. The summed E-state index contributed by atoms with van der Waals surface area (Å²) in [5, 5.41) is 15.9. The Morgan fingerprint density at radius 3 is 2.62 bits per heavy atom. The van der Waals surface area contributed by atoms with Crippen LogP contribution in [0.1, 0.15) is 23.2 Å². The monoisotopic (exact) mass is 285 g/mol. The third-order valence-electron chi connectivity index (χ3n) is 3.76. The van der Waals surface area contributed by atoms with Gasteiger partial charge in [-0.2, -0.15) is 5.10 Å². The molecule has 1 saturated carbocycles. The van der Waals surface area contributed by atoms with E-state index in [-0.39, 0.29) is 12.5 Å². The molecule has 1 aliphatic rings. The van der Waals surface area contributed by atoms with E-state index in [1.165, 1.54) is 6.20 Å². The second-order valence-corrected chi connectivity index (χ2v) is 5.28. The molecular weight excluding hydrogens is 270 g/mol. The molecule has 1 aliphatic carbocycles. The lowest BCUT2D eigenvalue weighted by Crippen LogP contribution is -2.34. The molecular formula is C15H15N3O3. The van der Waals surface area contributed by atoms with Crippen LogP contribution in [-0.4, -0.2) is 33.3 Å². The van der Waals surface area contributed by atoms with E-state index in [9.17, 15) is 9.59 Å². The fourth-order valence-corrected chi connectivity index (χ4v) is 2.13. The molecule has 1 amide bonds. The van der Waals surface area contributed by atoms with Gasteiger partial charge in [-0.1, -0.05) is 18.2 Å². The van der Waals surface area contributed by atoms with Crippen LogP contribution >= 0.6 is 0 Å². The van der Waals surface area contributed by atoms with Crippen molar-refractivity contribution in [2.45, 2.75) is 12.8 Å². The summed E-state index contributed by atoms with van der Waals surface area (Å²) in [6.07, 6.45) is 4.34. The minimum absolute atomic E-state index is 0.164. The van der Waals surface area contributed by atoms with Crippen molar-refractivity contribution in [2.24, 2.45) is 5.41 Å². The predicted octanol–water partition coefficient (Wildman–Crippen LogP) is 1.47. The topological polar surface area (TPSA) is 84.2 Å². The first-order valence-electron chi connectivity index (χ1n) is 6.72. The summed E-state index contributed by atoms with van der Waals surface area (Å²) in [5.41, 5.74) is 0.520. The van der Waals surface area contributed by atoms with Crippen molar-refractivity contribution in [1.29, 1.82) is 0 Å². The van der Waals surface area contributed by atoms with E-state index in [2.05, 4.69) is 10.4 Å². The van der Waals surface area contributed by atoms with Crippen molar-refractivity contribution in [3.8, 4) is 5.69 Å². The highest BCUT2D eigenvalue weighted by molar-refractivity contribution is 5.94. The van der Waals surface area contributed by atoms with Crippen LogP contribution in [0.5, 0.6) is 0 Å². The van der Waals surface area contributed by atoms with E-state index in [0.29, 0.717) is 18.4 Å². The number of carbonyl (C=O) groups is 2. The summed E-state index contributed by atoms with van der Waals surface area (Å²) in [6, 6.07) is 9.46. The molecule has 0 saturated heterocycles. The number of para-hydroxylation sites is 1. The van der Waals surface area contributed by atoms with Crippen LogP contribution in [-0.2, 0) is 4.79 Å². The normalized spacial score (nSPS) is 15.4. The molecule has 0 aliphatic heterocycles. The van der Waals surface area contributed by atoms with Crippen molar-refractivity contribution in [3.63, 3.8) is 0 Å². The molecule has 1 fully saturated rings. The first-order chi connectivity index (χ1) is 10.1. The molecule has 21 heavy (non-hydrogen) atoms. The van der Waals surface area contributed by atoms with Crippen molar-refractivity contribution in [1.82, 2.24) is 15.1 Å². The third-order valence-corrected chi connectivity index (χ3v) is 3.76. The molecule has 0 spiro atoms. The van der Waals surface area contributed by atoms with Crippen molar-refractivity contribution in [2.75, 3.05) is 6.54 Å². The lowest BCUT2D eigenvalue weighted by molar-refractivity contribution is -0.143. The van der Waals surface area contributed by atoms with Crippen LogP contribution in [0.2, 0.25) is 0 Å². The Morgan fingerprint density at radius 1 is 1.29 bits per heavy atom. The van der Waals surface area contributed by atoms with E-state index < -0.39 is 11.4 Å². The highest BCUT2D eigenvalue weighted by atomic mass is 16.4. The number of aromatic nitrogens is 2. The number of hydrogen-bond acceptors (Lipinski definition) is 3. The van der Waals surface area contributed by atoms with Crippen molar-refractivity contribution >= 4 is 11.9 Å². The number of carboxylic acids is 1. The Morgan fingerprint density at radius 2 is 2.00 bits per heavy atom. The lowest BCUT2D eigenvalue weighted by Gasteiger charge is -2.10. The minimum Gasteiger partial charge on any atom is -0.481 e. The number of carboxylic acid groups (broad SMARTS) is 1. The summed E-state index contributed by atoms with van der Waals surface area (Å²) in [5.74, 6) is -1.15. The van der Waals surface area contributed by atoms with E-state index in [4.69, 9.17) is 5.11 Å². The van der Waals surface area contributed by atoms with Crippen LogP contribution in [0, 0.1) is 5.41 Å². The van der Waals surface area contributed by atoms with Crippen LogP contribution in [0.25, 0.3) is 5.69 Å². The van der Waals surface area contributed by atoms with Gasteiger partial charge in [-0.15, -0.1) is 0 Å². The molecule has 3 rings (SSSR count). The largest absolute Gasteiger partial charge is 0.481 e. The average Bonchev–Trinajstić information content (AvgIpc) is 3.14. The molecule has 2 aromatic rings. The number of nitrogens with zero attached hydrogens (tertiary/aromatic N) is 2. The molecule has 0 bridgehead atoms. The summed E-state index contributed by atoms with van der Waals surface area (Å²) in [4.78, 5) is 23.1. The number of nitrogens with one attached hydrogen (secondary N) is 1. The van der Waals surface area contributed by atoms with Crippen molar-refractivity contribution < 1.29 is 14.7 Å². The number of benzene rings is 1. The van der Waals surface area contributed by atoms with Crippen LogP contribution in [0.15, 0.2) is 42.7 Å². The zero-order valence-corrected chi connectivity index (χ0v) is 11.3. The molecule has 6 heteroatoms. The van der Waals surface area contributed by atoms with Gasteiger partial charge in [0.25, 0.3) is 5.91 Å². The SMILES string of the molecule is O=C(NCC1(C(=O)O)CC1)c1cnn(-c2ccccc2)c1. The van der Waals surface area contributed by atoms with Gasteiger partial charge in [0.1, 0.15) is 0 Å². The highest BCUT2D eigenvalue weighted by Crippen LogP contribution is 2.45. The maximum Gasteiger partial charge on any atom is 0.311 e. The Bertz CT molecular complexity index is 674. The maximum absolute atomic E-state index is 12.0. The van der Waals surface area contributed by atoms with Gasteiger partial charge in [0, 0.05) is 12.7 Å². The summed E-state index contributed by atoms with van der Waals surface area (Å²) in [7, 11) is 0. The van der Waals surface area contributed by atoms with Gasteiger partial charge in [-0.05, 0) is 25.0 Å². The zero-order chi connectivity index (χ0) is 14.9. The van der Waals surface area contributed by atoms with Crippen molar-refractivity contribution in [3.05, 3.63) is 48.3 Å². The van der Waals surface area contributed by atoms with Crippen LogP contribution < -0.4 is 5.32 Å². The van der Waals surface area contributed by atoms with E-state index >= 15 is 0 Å². The molecule has 0 atom stereocenters. The highest BCUT2D eigenvalue weighted by Gasteiger charge is 2.50. The van der Waals surface area contributed by atoms with E-state index in [1.54, 1.807) is 10.9 Å². The summed E-state index contributed by atoms with van der Waals surface area (Å²) >= 11 is 0. The number of hydrogen-bond donors (Lipinski definition) is 2. The second-order valence-electron chi connectivity index (χ2n) is 5.28. The predicted molar refractivity (Wildman–Crippen MR) is 75.2 cm³/mol. The fraction of sp³-hybridized carbons (Fsp3) is 0.267. The molecule has 108 valence electrons. The van der Waals surface area contributed by atoms with Gasteiger partial charge in [0.15, 0.2) is 0 Å². The second kappa shape index (κ2) is 5.05. The molecule has 6 nitrogen and oxygen atoms in total. The zero-order valence-electron chi connectivity index (χ0n) is 11.3. The number of amides is 1. The average molecular weight is 285 g/mol. The molecule has 1 aromatic carbocycles. The first-order valence-corrected chi connectivity index (χ1v) is 6.72. The van der Waals surface area contributed by atoms with Gasteiger partial charge in [0.05, 0.1) is 22.9 Å². The van der Waals surface area contributed by atoms with Gasteiger partial charge in [-0.25, -0.2) is 4.68 Å². The van der Waals surface area contributed by atoms with Gasteiger partial charge < -0.3 is 10.4 Å². The smallest absolute Gasteiger partial charge is 0.311 e. The first kappa shape index (κ1) is 13.4. The molecule has 0 radical (unpaired) electrons. The van der Waals surface area contributed by atoms with E-state index in [0.717, 1.165) is 5.69 Å². The third kappa shape index (κ3) is 2.65. The Hall–Kier alpha value is -2.63. The Kier molecular flexibility index (Phi) is 3.21. The minimum atomic E-state index is -0.845. The van der Waals surface area contributed by atoms with E-state index in [1.807, 2.05) is 30.3 Å². The Labute approximate surface area is 121 Å². The van der Waals surface area contributed by atoms with Crippen LogP contribution in [0.4, 0.5) is 0 Å². The molecule has 0 unspecified atom stereocenters. The maximum atomic E-state index is 12.0. The standard InChI is InChI=1S/C15H15N3O3/c19-13(16-10-15(6-7-15)14(20)21)11-8-17-18(9-11)12-4-2-1-3-5-12/h1-5,8-9H,6-7,10H2,(H,16,19)(H,20,21). The Balaban J connectivity index is 1.66. The molecule has 2 N–H and O–H groups in total. The van der Waals surface area contributed by atoms with Crippen LogP contribution in [0.3, 0.4) is 0 Å². The van der Waals surface area contributed by atoms with Gasteiger partial charge >= 0.3 is 5.97 Å². The fourth-order valence-electron chi connectivity index (χ4n) is 2.13. The summed E-state index contributed by atoms with van der Waals surface area (Å²) < 4.78 is 1.61. The number of rotatable bonds is 5. The summed E-state index contributed by atoms with van der Waals surface area (Å²) in [6.45, 7) is 0.164. The van der Waals surface area contributed by atoms with Gasteiger partial charge in [-0.3, -0.25) is 9.59 Å². The molecule has 1 aromatic heterocycles. The number of carbonyl (C=O) groups excluding carboxylic acids is 1.